The van der Waals surface area contributed by atoms with Crippen molar-refractivity contribution in [2.45, 2.75) is 90.3 Å². The minimum atomic E-state index is -4.41. The number of hydrogen-bond acceptors (Lipinski definition) is 3. The first-order chi connectivity index (χ1) is 14.4. The Morgan fingerprint density at radius 3 is 2.00 bits per heavy atom. The largest absolute Gasteiger partial charge is 0.444 e. The van der Waals surface area contributed by atoms with Crippen molar-refractivity contribution in [1.82, 2.24) is 5.32 Å². The number of ether oxygens (including phenoxy) is 1. The van der Waals surface area contributed by atoms with Gasteiger partial charge in [-0.1, -0.05) is 45.1 Å². The lowest BCUT2D eigenvalue weighted by Gasteiger charge is -2.38. The van der Waals surface area contributed by atoms with E-state index >= 15 is 0 Å². The highest BCUT2D eigenvalue weighted by atomic mass is 28.4. The van der Waals surface area contributed by atoms with Crippen LogP contribution in [0.4, 0.5) is 18.0 Å². The second-order valence-electron chi connectivity index (χ2n) is 10.5. The minimum Gasteiger partial charge on any atom is -0.444 e. The molecular weight excluding hydrogens is 435 g/mol. The predicted molar refractivity (Wildman–Crippen MR) is 125 cm³/mol. The molecule has 0 saturated carbocycles. The molecule has 0 aromatic heterocycles. The Hall–Kier alpha value is -1.80. The molecular formula is C24H38F3NO3Si. The molecule has 0 aliphatic rings. The van der Waals surface area contributed by atoms with E-state index in [9.17, 15) is 18.0 Å². The number of alkyl halides is 3. The second-order valence-corrected chi connectivity index (χ2v) is 15.3. The molecule has 0 aliphatic heterocycles. The maximum atomic E-state index is 13.0. The first-order valence-electron chi connectivity index (χ1n) is 10.8. The fourth-order valence-corrected chi connectivity index (χ4v) is 3.82. The molecule has 1 aromatic carbocycles. The van der Waals surface area contributed by atoms with Gasteiger partial charge in [0.1, 0.15) is 5.60 Å². The molecule has 0 heterocycles. The standard InChI is InChI=1S/C24H38F3NO3Si/c1-10-11-19(17-12-14-18(15-13-17)24(25,26)27)20(28-21(29)31-22(2,3)4)16-30-32(8,9)23(5,6)7/h10-15,19-20H,16H2,1-9H3,(H,28,29)/b11-10+/t19-,20+/m1/s1. The Kier molecular flexibility index (Phi) is 9.19. The van der Waals surface area contributed by atoms with Crippen LogP contribution in [0.2, 0.25) is 18.1 Å². The van der Waals surface area contributed by atoms with Crippen LogP contribution >= 0.6 is 0 Å². The fraction of sp³-hybridized carbons (Fsp3) is 0.625. The van der Waals surface area contributed by atoms with E-state index in [-0.39, 0.29) is 17.6 Å². The van der Waals surface area contributed by atoms with E-state index in [0.29, 0.717) is 5.56 Å². The number of benzene rings is 1. The first-order valence-corrected chi connectivity index (χ1v) is 13.7. The van der Waals surface area contributed by atoms with Gasteiger partial charge < -0.3 is 14.5 Å². The molecule has 0 saturated heterocycles. The second kappa shape index (κ2) is 10.4. The number of amides is 1. The van der Waals surface area contributed by atoms with E-state index in [0.717, 1.165) is 12.1 Å². The molecule has 1 N–H and O–H groups in total. The summed E-state index contributed by atoms with van der Waals surface area (Å²) in [7, 11) is -2.13. The highest BCUT2D eigenvalue weighted by molar-refractivity contribution is 6.74. The van der Waals surface area contributed by atoms with E-state index in [1.807, 2.05) is 19.1 Å². The summed E-state index contributed by atoms with van der Waals surface area (Å²) >= 11 is 0. The Labute approximate surface area is 191 Å². The van der Waals surface area contributed by atoms with Crippen LogP contribution in [0, 0.1) is 0 Å². The minimum absolute atomic E-state index is 0.0338. The summed E-state index contributed by atoms with van der Waals surface area (Å²) in [5.41, 5.74) is -0.745. The Bertz CT molecular complexity index is 776. The highest BCUT2D eigenvalue weighted by Crippen LogP contribution is 2.37. The summed E-state index contributed by atoms with van der Waals surface area (Å²) in [6.45, 7) is 17.9. The summed E-state index contributed by atoms with van der Waals surface area (Å²) < 4.78 is 50.8. The molecule has 4 nitrogen and oxygen atoms in total. The number of nitrogens with one attached hydrogen (secondary N) is 1. The van der Waals surface area contributed by atoms with E-state index in [1.165, 1.54) is 12.1 Å². The predicted octanol–water partition coefficient (Wildman–Crippen LogP) is 7.28. The molecule has 1 amide bonds. The van der Waals surface area contributed by atoms with Crippen LogP contribution in [-0.2, 0) is 15.3 Å². The highest BCUT2D eigenvalue weighted by Gasteiger charge is 2.39. The molecule has 8 heteroatoms. The van der Waals surface area contributed by atoms with Crippen molar-refractivity contribution < 1.29 is 27.1 Å². The average Bonchev–Trinajstić information content (AvgIpc) is 2.60. The quantitative estimate of drug-likeness (QED) is 0.334. The van der Waals surface area contributed by atoms with Crippen molar-refractivity contribution in [3.8, 4) is 0 Å². The van der Waals surface area contributed by atoms with Gasteiger partial charge in [-0.25, -0.2) is 4.79 Å². The summed E-state index contributed by atoms with van der Waals surface area (Å²) in [6.07, 6.45) is -1.32. The summed E-state index contributed by atoms with van der Waals surface area (Å²) in [6, 6.07) is 4.50. The number of carbonyl (C=O) groups is 1. The number of hydrogen-bond donors (Lipinski definition) is 1. The van der Waals surface area contributed by atoms with Gasteiger partial charge in [0.2, 0.25) is 0 Å². The molecule has 0 fully saturated rings. The van der Waals surface area contributed by atoms with Gasteiger partial charge in [-0.15, -0.1) is 0 Å². The maximum absolute atomic E-state index is 13.0. The van der Waals surface area contributed by atoms with Crippen molar-refractivity contribution in [1.29, 1.82) is 0 Å². The molecule has 0 aliphatic carbocycles. The van der Waals surface area contributed by atoms with Crippen molar-refractivity contribution in [2.24, 2.45) is 0 Å². The first kappa shape index (κ1) is 28.2. The van der Waals surface area contributed by atoms with E-state index in [1.54, 1.807) is 20.8 Å². The summed E-state index contributed by atoms with van der Waals surface area (Å²) in [5, 5.41) is 2.85. The van der Waals surface area contributed by atoms with E-state index in [2.05, 4.69) is 39.2 Å². The average molecular weight is 474 g/mol. The third kappa shape index (κ3) is 8.62. The molecule has 1 aromatic rings. The van der Waals surface area contributed by atoms with Gasteiger partial charge in [-0.05, 0) is 63.5 Å². The number of allylic oxidation sites excluding steroid dienone is 1. The van der Waals surface area contributed by atoms with Gasteiger partial charge in [-0.2, -0.15) is 13.2 Å². The SMILES string of the molecule is C/C=C/[C@H](c1ccc(C(F)(F)F)cc1)[C@H](CO[Si](C)(C)C(C)(C)C)NC(=O)OC(C)(C)C. The van der Waals surface area contributed by atoms with Crippen molar-refractivity contribution in [2.75, 3.05) is 6.61 Å². The fourth-order valence-electron chi connectivity index (χ4n) is 2.79. The van der Waals surface area contributed by atoms with E-state index < -0.39 is 37.8 Å². The number of carbonyl (C=O) groups excluding carboxylic acids is 1. The van der Waals surface area contributed by atoms with Gasteiger partial charge in [-0.3, -0.25) is 0 Å². The smallest absolute Gasteiger partial charge is 0.416 e. The van der Waals surface area contributed by atoms with Crippen LogP contribution in [-0.4, -0.2) is 32.7 Å². The molecule has 0 unspecified atom stereocenters. The van der Waals surface area contributed by atoms with Crippen molar-refractivity contribution in [3.63, 3.8) is 0 Å². The molecule has 0 bridgehead atoms. The van der Waals surface area contributed by atoms with E-state index in [4.69, 9.17) is 9.16 Å². The molecule has 2 atom stereocenters. The van der Waals surface area contributed by atoms with Crippen LogP contribution in [0.25, 0.3) is 0 Å². The van der Waals surface area contributed by atoms with Gasteiger partial charge in [0.15, 0.2) is 8.32 Å². The number of halogens is 3. The third-order valence-electron chi connectivity index (χ3n) is 5.59. The maximum Gasteiger partial charge on any atom is 0.416 e. The molecule has 0 radical (unpaired) electrons. The van der Waals surface area contributed by atoms with Crippen LogP contribution in [0.3, 0.4) is 0 Å². The zero-order valence-corrected chi connectivity index (χ0v) is 21.7. The zero-order valence-electron chi connectivity index (χ0n) is 20.7. The van der Waals surface area contributed by atoms with Gasteiger partial charge in [0.25, 0.3) is 0 Å². The molecule has 182 valence electrons. The number of alkyl carbamates (subject to hydrolysis) is 1. The molecule has 32 heavy (non-hydrogen) atoms. The zero-order chi connectivity index (χ0) is 25.0. The number of rotatable bonds is 7. The lowest BCUT2D eigenvalue weighted by Crippen LogP contribution is -2.49. The Morgan fingerprint density at radius 2 is 1.59 bits per heavy atom. The lowest BCUT2D eigenvalue weighted by atomic mass is 9.90. The van der Waals surface area contributed by atoms with Gasteiger partial charge >= 0.3 is 12.3 Å². The van der Waals surface area contributed by atoms with Gasteiger partial charge in [0, 0.05) is 5.92 Å². The Balaban J connectivity index is 3.28. The van der Waals surface area contributed by atoms with Crippen LogP contribution in [0.15, 0.2) is 36.4 Å². The van der Waals surface area contributed by atoms with Crippen LogP contribution in [0.1, 0.15) is 65.5 Å². The van der Waals surface area contributed by atoms with Crippen molar-refractivity contribution >= 4 is 14.4 Å². The molecule has 0 spiro atoms. The molecule has 1 rings (SSSR count). The monoisotopic (exact) mass is 473 g/mol. The lowest BCUT2D eigenvalue weighted by molar-refractivity contribution is -0.137. The van der Waals surface area contributed by atoms with Gasteiger partial charge in [0.05, 0.1) is 18.2 Å². The third-order valence-corrected chi connectivity index (χ3v) is 10.1. The van der Waals surface area contributed by atoms with Crippen LogP contribution in [0.5, 0.6) is 0 Å². The summed E-state index contributed by atoms with van der Waals surface area (Å²) in [4.78, 5) is 12.6. The summed E-state index contributed by atoms with van der Waals surface area (Å²) in [5.74, 6) is -0.389. The van der Waals surface area contributed by atoms with Crippen LogP contribution < -0.4 is 5.32 Å². The topological polar surface area (TPSA) is 47.6 Å². The Morgan fingerprint density at radius 1 is 1.06 bits per heavy atom. The normalized spacial score (nSPS) is 15.5. The van der Waals surface area contributed by atoms with Crippen molar-refractivity contribution in [3.05, 3.63) is 47.5 Å².